The lowest BCUT2D eigenvalue weighted by Gasteiger charge is -2.06. The minimum absolute atomic E-state index is 0.326. The van der Waals surface area contributed by atoms with Crippen LogP contribution in [0, 0.1) is 6.92 Å². The minimum atomic E-state index is -0.432. The molecule has 1 aromatic carbocycles. The SMILES string of the molecule is Cc1ccc(C(=O)Oc2cncc(Cl)c2)c2cc[nH]c12. The molecule has 4 nitrogen and oxygen atoms in total. The number of esters is 1. The van der Waals surface area contributed by atoms with Gasteiger partial charge in [0, 0.05) is 29.4 Å². The van der Waals surface area contributed by atoms with Crippen molar-refractivity contribution >= 4 is 28.5 Å². The Morgan fingerprint density at radius 1 is 1.30 bits per heavy atom. The number of rotatable bonds is 2. The maximum Gasteiger partial charge on any atom is 0.344 e. The molecule has 0 fully saturated rings. The Kier molecular flexibility index (Phi) is 3.16. The Hall–Kier alpha value is -2.33. The number of H-pyrrole nitrogens is 1. The fourth-order valence-electron chi connectivity index (χ4n) is 2.09. The number of hydrogen-bond acceptors (Lipinski definition) is 3. The van der Waals surface area contributed by atoms with Crippen molar-refractivity contribution in [3.8, 4) is 5.75 Å². The van der Waals surface area contributed by atoms with E-state index in [2.05, 4.69) is 9.97 Å². The standard InChI is InChI=1S/C15H11ClN2O2/c1-9-2-3-13(12-4-5-18-14(9)12)15(19)20-11-6-10(16)7-17-8-11/h2-8,18H,1H3. The van der Waals surface area contributed by atoms with Crippen LogP contribution in [0.2, 0.25) is 5.02 Å². The van der Waals surface area contributed by atoms with Crippen LogP contribution < -0.4 is 4.74 Å². The van der Waals surface area contributed by atoms with Gasteiger partial charge in [0.25, 0.3) is 0 Å². The highest BCUT2D eigenvalue weighted by atomic mass is 35.5. The lowest BCUT2D eigenvalue weighted by atomic mass is 10.1. The third-order valence-corrected chi connectivity index (χ3v) is 3.25. The minimum Gasteiger partial charge on any atom is -0.421 e. The molecule has 0 unspecified atom stereocenters. The number of benzene rings is 1. The molecule has 0 saturated carbocycles. The van der Waals surface area contributed by atoms with Crippen molar-refractivity contribution in [2.24, 2.45) is 0 Å². The van der Waals surface area contributed by atoms with Crippen LogP contribution in [-0.4, -0.2) is 15.9 Å². The molecule has 3 aromatic rings. The van der Waals surface area contributed by atoms with Crippen LogP contribution in [0.3, 0.4) is 0 Å². The molecule has 3 rings (SSSR count). The van der Waals surface area contributed by atoms with Crippen LogP contribution in [0.4, 0.5) is 0 Å². The van der Waals surface area contributed by atoms with E-state index in [-0.39, 0.29) is 0 Å². The molecule has 0 amide bonds. The van der Waals surface area contributed by atoms with Crippen LogP contribution >= 0.6 is 11.6 Å². The Balaban J connectivity index is 1.97. The number of carbonyl (C=O) groups excluding carboxylic acids is 1. The van der Waals surface area contributed by atoms with E-state index in [1.807, 2.05) is 19.1 Å². The maximum absolute atomic E-state index is 12.2. The molecule has 0 aliphatic carbocycles. The highest BCUT2D eigenvalue weighted by molar-refractivity contribution is 6.30. The number of hydrogen-bond donors (Lipinski definition) is 1. The molecule has 0 radical (unpaired) electrons. The van der Waals surface area contributed by atoms with Crippen LogP contribution in [0.15, 0.2) is 42.9 Å². The Morgan fingerprint density at radius 2 is 2.15 bits per heavy atom. The fraction of sp³-hybridized carbons (Fsp3) is 0.0667. The summed E-state index contributed by atoms with van der Waals surface area (Å²) in [7, 11) is 0. The quantitative estimate of drug-likeness (QED) is 0.730. The number of aromatic amines is 1. The number of aromatic nitrogens is 2. The van der Waals surface area contributed by atoms with Gasteiger partial charge in [0.15, 0.2) is 5.75 Å². The normalized spacial score (nSPS) is 10.7. The smallest absolute Gasteiger partial charge is 0.344 e. The van der Waals surface area contributed by atoms with Crippen molar-refractivity contribution in [1.29, 1.82) is 0 Å². The predicted octanol–water partition coefficient (Wildman–Crippen LogP) is 3.74. The number of aryl methyl sites for hydroxylation is 1. The topological polar surface area (TPSA) is 55.0 Å². The molecule has 1 N–H and O–H groups in total. The van der Waals surface area contributed by atoms with E-state index < -0.39 is 5.97 Å². The summed E-state index contributed by atoms with van der Waals surface area (Å²) < 4.78 is 5.30. The van der Waals surface area contributed by atoms with E-state index in [9.17, 15) is 4.79 Å². The zero-order valence-corrected chi connectivity index (χ0v) is 11.4. The number of fused-ring (bicyclic) bond motifs is 1. The van der Waals surface area contributed by atoms with Gasteiger partial charge in [0.05, 0.1) is 16.8 Å². The molecule has 0 atom stereocenters. The van der Waals surface area contributed by atoms with Crippen molar-refractivity contribution in [2.45, 2.75) is 6.92 Å². The Bertz CT molecular complexity index is 795. The molecule has 0 spiro atoms. The lowest BCUT2D eigenvalue weighted by Crippen LogP contribution is -2.09. The van der Waals surface area contributed by atoms with Gasteiger partial charge < -0.3 is 9.72 Å². The zero-order chi connectivity index (χ0) is 14.1. The molecule has 0 aliphatic rings. The van der Waals surface area contributed by atoms with E-state index in [1.54, 1.807) is 18.3 Å². The first-order chi connectivity index (χ1) is 9.65. The molecular weight excluding hydrogens is 276 g/mol. The molecule has 2 heterocycles. The molecule has 0 saturated heterocycles. The van der Waals surface area contributed by atoms with Gasteiger partial charge in [-0.25, -0.2) is 4.79 Å². The highest BCUT2D eigenvalue weighted by Gasteiger charge is 2.14. The molecule has 5 heteroatoms. The average molecular weight is 287 g/mol. The molecule has 20 heavy (non-hydrogen) atoms. The molecule has 100 valence electrons. The molecule has 0 aliphatic heterocycles. The van der Waals surface area contributed by atoms with Crippen molar-refractivity contribution in [3.05, 3.63) is 59.0 Å². The average Bonchev–Trinajstić information content (AvgIpc) is 2.89. The van der Waals surface area contributed by atoms with E-state index in [1.165, 1.54) is 12.4 Å². The largest absolute Gasteiger partial charge is 0.421 e. The third-order valence-electron chi connectivity index (χ3n) is 3.04. The van der Waals surface area contributed by atoms with E-state index >= 15 is 0 Å². The second-order valence-corrected chi connectivity index (χ2v) is 4.86. The van der Waals surface area contributed by atoms with Gasteiger partial charge in [0.2, 0.25) is 0 Å². The zero-order valence-electron chi connectivity index (χ0n) is 10.7. The summed E-state index contributed by atoms with van der Waals surface area (Å²) in [5.41, 5.74) is 2.52. The number of nitrogens with zero attached hydrogens (tertiary/aromatic N) is 1. The fourth-order valence-corrected chi connectivity index (χ4v) is 2.25. The first-order valence-electron chi connectivity index (χ1n) is 6.04. The van der Waals surface area contributed by atoms with E-state index in [0.29, 0.717) is 16.3 Å². The van der Waals surface area contributed by atoms with E-state index in [4.69, 9.17) is 16.3 Å². The third kappa shape index (κ3) is 2.26. The van der Waals surface area contributed by atoms with Crippen molar-refractivity contribution in [3.63, 3.8) is 0 Å². The summed E-state index contributed by atoms with van der Waals surface area (Å²) in [5.74, 6) is -0.106. The van der Waals surface area contributed by atoms with E-state index in [0.717, 1.165) is 16.5 Å². The lowest BCUT2D eigenvalue weighted by molar-refractivity contribution is 0.0736. The molecule has 2 aromatic heterocycles. The number of halogens is 1. The molecular formula is C15H11ClN2O2. The maximum atomic E-state index is 12.2. The first-order valence-corrected chi connectivity index (χ1v) is 6.42. The second kappa shape index (κ2) is 4.98. The van der Waals surface area contributed by atoms with Crippen LogP contribution in [0.25, 0.3) is 10.9 Å². The Labute approximate surface area is 120 Å². The predicted molar refractivity (Wildman–Crippen MR) is 77.2 cm³/mol. The van der Waals surface area contributed by atoms with Crippen LogP contribution in [0.5, 0.6) is 5.75 Å². The summed E-state index contributed by atoms with van der Waals surface area (Å²) in [4.78, 5) is 19.2. The summed E-state index contributed by atoms with van der Waals surface area (Å²) in [5, 5.41) is 1.26. The second-order valence-electron chi connectivity index (χ2n) is 4.42. The van der Waals surface area contributed by atoms with Crippen LogP contribution in [0.1, 0.15) is 15.9 Å². The van der Waals surface area contributed by atoms with Gasteiger partial charge in [-0.15, -0.1) is 0 Å². The summed E-state index contributed by atoms with van der Waals surface area (Å²) >= 11 is 5.81. The van der Waals surface area contributed by atoms with Gasteiger partial charge in [0.1, 0.15) is 0 Å². The summed E-state index contributed by atoms with van der Waals surface area (Å²) in [6.45, 7) is 1.98. The Morgan fingerprint density at radius 3 is 2.95 bits per heavy atom. The monoisotopic (exact) mass is 286 g/mol. The number of nitrogens with one attached hydrogen (secondary N) is 1. The van der Waals surface area contributed by atoms with Gasteiger partial charge in [-0.1, -0.05) is 17.7 Å². The van der Waals surface area contributed by atoms with Gasteiger partial charge in [-0.05, 0) is 24.6 Å². The van der Waals surface area contributed by atoms with Crippen LogP contribution in [-0.2, 0) is 0 Å². The van der Waals surface area contributed by atoms with Crippen molar-refractivity contribution in [1.82, 2.24) is 9.97 Å². The summed E-state index contributed by atoms with van der Waals surface area (Å²) in [6, 6.07) is 7.04. The van der Waals surface area contributed by atoms with Gasteiger partial charge in [-0.3, -0.25) is 4.98 Å². The highest BCUT2D eigenvalue weighted by Crippen LogP contribution is 2.23. The summed E-state index contributed by atoms with van der Waals surface area (Å²) in [6.07, 6.45) is 4.73. The van der Waals surface area contributed by atoms with Gasteiger partial charge >= 0.3 is 5.97 Å². The van der Waals surface area contributed by atoms with Crippen molar-refractivity contribution in [2.75, 3.05) is 0 Å². The van der Waals surface area contributed by atoms with Gasteiger partial charge in [-0.2, -0.15) is 0 Å². The number of ether oxygens (including phenoxy) is 1. The van der Waals surface area contributed by atoms with Crippen molar-refractivity contribution < 1.29 is 9.53 Å². The number of pyridine rings is 1. The first kappa shape index (κ1) is 12.7. The molecule has 0 bridgehead atoms. The number of carbonyl (C=O) groups is 1.